The van der Waals surface area contributed by atoms with Crippen LogP contribution >= 0.6 is 0 Å². The monoisotopic (exact) mass is 303 g/mol. The van der Waals surface area contributed by atoms with Crippen molar-refractivity contribution < 1.29 is 14.4 Å². The molecule has 1 aliphatic carbocycles. The van der Waals surface area contributed by atoms with Crippen LogP contribution < -0.4 is 10.8 Å². The minimum absolute atomic E-state index is 0.0508. The van der Waals surface area contributed by atoms with E-state index in [0.717, 1.165) is 24.8 Å². The van der Waals surface area contributed by atoms with Crippen molar-refractivity contribution in [3.05, 3.63) is 30.1 Å². The molecule has 0 radical (unpaired) electrons. The Bertz CT molecular complexity index is 557. The van der Waals surface area contributed by atoms with E-state index >= 15 is 0 Å². The summed E-state index contributed by atoms with van der Waals surface area (Å²) in [5, 5.41) is 2.79. The van der Waals surface area contributed by atoms with Crippen molar-refractivity contribution >= 4 is 11.8 Å². The number of nitrogens with one attached hydrogen (secondary N) is 2. The maximum atomic E-state index is 12.4. The number of pyridine rings is 1. The molecule has 1 saturated heterocycles. The molecule has 1 aromatic rings. The molecule has 1 saturated carbocycles. The van der Waals surface area contributed by atoms with Crippen LogP contribution in [0.2, 0.25) is 0 Å². The van der Waals surface area contributed by atoms with Crippen LogP contribution in [0.25, 0.3) is 0 Å². The lowest BCUT2D eigenvalue weighted by molar-refractivity contribution is -0.154. The highest BCUT2D eigenvalue weighted by molar-refractivity contribution is 5.85. The predicted octanol–water partition coefficient (Wildman–Crippen LogP) is 1.50. The second-order valence-electron chi connectivity index (χ2n) is 6.26. The van der Waals surface area contributed by atoms with Gasteiger partial charge in [0, 0.05) is 25.4 Å². The van der Waals surface area contributed by atoms with Gasteiger partial charge in [0.15, 0.2) is 0 Å². The number of nitrogens with zero attached hydrogens (tertiary/aromatic N) is 1. The molecule has 2 aliphatic rings. The van der Waals surface area contributed by atoms with Gasteiger partial charge >= 0.3 is 0 Å². The van der Waals surface area contributed by atoms with Crippen molar-refractivity contribution in [1.82, 2.24) is 15.8 Å². The van der Waals surface area contributed by atoms with Gasteiger partial charge in [-0.15, -0.1) is 0 Å². The molecule has 2 heterocycles. The standard InChI is InChI=1S/C16H21N3O3/c1-11(12-3-7-17-8-4-12)22-19-15(21)13-10-18-14(20)9-16(13)5-2-6-16/h3-4,7-8,11,13H,2,5-6,9-10H2,1H3,(H,18,20)(H,19,21)/t11-,13?/m0/s1. The van der Waals surface area contributed by atoms with Gasteiger partial charge in [0.05, 0.1) is 5.92 Å². The van der Waals surface area contributed by atoms with Crippen molar-refractivity contribution in [2.75, 3.05) is 6.54 Å². The normalized spacial score (nSPS) is 24.2. The fourth-order valence-corrected chi connectivity index (χ4v) is 3.38. The van der Waals surface area contributed by atoms with Gasteiger partial charge in [-0.1, -0.05) is 6.42 Å². The third-order valence-electron chi connectivity index (χ3n) is 4.93. The van der Waals surface area contributed by atoms with Crippen LogP contribution in [-0.4, -0.2) is 23.3 Å². The highest BCUT2D eigenvalue weighted by Crippen LogP contribution is 2.51. The molecule has 0 aromatic carbocycles. The smallest absolute Gasteiger partial charge is 0.249 e. The van der Waals surface area contributed by atoms with Gasteiger partial charge in [0.1, 0.15) is 6.10 Å². The summed E-state index contributed by atoms with van der Waals surface area (Å²) >= 11 is 0. The molecule has 2 atom stereocenters. The summed E-state index contributed by atoms with van der Waals surface area (Å²) in [6.45, 7) is 2.27. The molecule has 22 heavy (non-hydrogen) atoms. The summed E-state index contributed by atoms with van der Waals surface area (Å²) in [6, 6.07) is 3.70. The summed E-state index contributed by atoms with van der Waals surface area (Å²) in [4.78, 5) is 33.5. The zero-order chi connectivity index (χ0) is 15.6. The first kappa shape index (κ1) is 15.0. The first-order valence-corrected chi connectivity index (χ1v) is 7.73. The zero-order valence-electron chi connectivity index (χ0n) is 12.7. The summed E-state index contributed by atoms with van der Waals surface area (Å²) in [5.41, 5.74) is 3.37. The minimum atomic E-state index is -0.248. The van der Waals surface area contributed by atoms with E-state index in [2.05, 4.69) is 15.8 Å². The zero-order valence-corrected chi connectivity index (χ0v) is 12.7. The van der Waals surface area contributed by atoms with Crippen LogP contribution in [0, 0.1) is 11.3 Å². The van der Waals surface area contributed by atoms with Crippen LogP contribution in [-0.2, 0) is 14.4 Å². The molecule has 118 valence electrons. The Morgan fingerprint density at radius 2 is 2.18 bits per heavy atom. The summed E-state index contributed by atoms with van der Waals surface area (Å²) in [5.74, 6) is -0.293. The number of hydrogen-bond acceptors (Lipinski definition) is 4. The van der Waals surface area contributed by atoms with E-state index in [1.807, 2.05) is 19.1 Å². The number of piperidine rings is 1. The SMILES string of the molecule is C[C@H](ONC(=O)C1CNC(=O)CC12CCC2)c1ccncc1. The van der Waals surface area contributed by atoms with E-state index < -0.39 is 0 Å². The molecular formula is C16H21N3O3. The second kappa shape index (κ2) is 6.04. The molecular weight excluding hydrogens is 282 g/mol. The fraction of sp³-hybridized carbons (Fsp3) is 0.562. The van der Waals surface area contributed by atoms with Crippen LogP contribution in [0.15, 0.2) is 24.5 Å². The summed E-state index contributed by atoms with van der Waals surface area (Å²) < 4.78 is 0. The van der Waals surface area contributed by atoms with E-state index in [0.29, 0.717) is 13.0 Å². The van der Waals surface area contributed by atoms with Gasteiger partial charge in [0.25, 0.3) is 0 Å². The van der Waals surface area contributed by atoms with E-state index in [1.54, 1.807) is 12.4 Å². The Kier molecular flexibility index (Phi) is 4.11. The second-order valence-corrected chi connectivity index (χ2v) is 6.26. The summed E-state index contributed by atoms with van der Waals surface area (Å²) in [6.07, 6.45) is 6.56. The molecule has 0 bridgehead atoms. The maximum absolute atomic E-state index is 12.4. The largest absolute Gasteiger partial charge is 0.355 e. The average molecular weight is 303 g/mol. The average Bonchev–Trinajstić information content (AvgIpc) is 2.51. The molecule has 1 aliphatic heterocycles. The van der Waals surface area contributed by atoms with Crippen molar-refractivity contribution in [2.24, 2.45) is 11.3 Å². The number of rotatable bonds is 4. The van der Waals surface area contributed by atoms with Crippen LogP contribution in [0.3, 0.4) is 0 Å². The Morgan fingerprint density at radius 1 is 1.45 bits per heavy atom. The van der Waals surface area contributed by atoms with Gasteiger partial charge < -0.3 is 5.32 Å². The van der Waals surface area contributed by atoms with Crippen molar-refractivity contribution in [1.29, 1.82) is 0 Å². The van der Waals surface area contributed by atoms with Crippen molar-refractivity contribution in [3.8, 4) is 0 Å². The lowest BCUT2D eigenvalue weighted by atomic mass is 9.57. The van der Waals surface area contributed by atoms with E-state index in [-0.39, 0.29) is 29.3 Å². The first-order valence-electron chi connectivity index (χ1n) is 7.73. The molecule has 2 amide bonds. The third-order valence-corrected chi connectivity index (χ3v) is 4.93. The van der Waals surface area contributed by atoms with Gasteiger partial charge in [0.2, 0.25) is 11.8 Å². The highest BCUT2D eigenvalue weighted by atomic mass is 16.7. The lowest BCUT2D eigenvalue weighted by Crippen LogP contribution is -2.56. The van der Waals surface area contributed by atoms with E-state index in [1.165, 1.54) is 0 Å². The Hall–Kier alpha value is -1.95. The van der Waals surface area contributed by atoms with E-state index in [9.17, 15) is 9.59 Å². The first-order chi connectivity index (χ1) is 10.6. The number of hydroxylamine groups is 1. The Morgan fingerprint density at radius 3 is 2.82 bits per heavy atom. The summed E-state index contributed by atoms with van der Waals surface area (Å²) in [7, 11) is 0. The molecule has 1 aromatic heterocycles. The third kappa shape index (κ3) is 2.83. The van der Waals surface area contributed by atoms with Crippen LogP contribution in [0.4, 0.5) is 0 Å². The number of amides is 2. The minimum Gasteiger partial charge on any atom is -0.355 e. The Balaban J connectivity index is 1.58. The van der Waals surface area contributed by atoms with Crippen molar-refractivity contribution in [2.45, 2.75) is 38.7 Å². The van der Waals surface area contributed by atoms with E-state index in [4.69, 9.17) is 4.84 Å². The molecule has 2 N–H and O–H groups in total. The number of carbonyl (C=O) groups excluding carboxylic acids is 2. The van der Waals surface area contributed by atoms with Crippen molar-refractivity contribution in [3.63, 3.8) is 0 Å². The van der Waals surface area contributed by atoms with Gasteiger partial charge in [-0.05, 0) is 42.9 Å². The number of aromatic nitrogens is 1. The maximum Gasteiger partial charge on any atom is 0.249 e. The quantitative estimate of drug-likeness (QED) is 0.826. The van der Waals surface area contributed by atoms with Crippen LogP contribution in [0.1, 0.15) is 44.3 Å². The van der Waals surface area contributed by atoms with Crippen LogP contribution in [0.5, 0.6) is 0 Å². The van der Waals surface area contributed by atoms with Gasteiger partial charge in [-0.2, -0.15) is 0 Å². The number of hydrogen-bond donors (Lipinski definition) is 2. The Labute approximate surface area is 129 Å². The lowest BCUT2D eigenvalue weighted by Gasteiger charge is -2.49. The molecule has 6 nitrogen and oxygen atoms in total. The molecule has 1 spiro atoms. The van der Waals surface area contributed by atoms with Gasteiger partial charge in [-0.25, -0.2) is 5.48 Å². The fourth-order valence-electron chi connectivity index (χ4n) is 3.38. The number of carbonyl (C=O) groups is 2. The molecule has 6 heteroatoms. The topological polar surface area (TPSA) is 80.3 Å². The van der Waals surface area contributed by atoms with Gasteiger partial charge in [-0.3, -0.25) is 19.4 Å². The molecule has 2 fully saturated rings. The molecule has 3 rings (SSSR count). The predicted molar refractivity (Wildman–Crippen MR) is 79.3 cm³/mol. The highest BCUT2D eigenvalue weighted by Gasteiger charge is 2.51. The molecule has 1 unspecified atom stereocenters.